The van der Waals surface area contributed by atoms with E-state index in [-0.39, 0.29) is 5.75 Å². The number of aromatic nitrogens is 2. The van der Waals surface area contributed by atoms with E-state index >= 15 is 0 Å². The minimum Gasteiger partial charge on any atom is -0.504 e. The van der Waals surface area contributed by atoms with E-state index in [1.54, 1.807) is 12.1 Å². The van der Waals surface area contributed by atoms with Gasteiger partial charge in [0.05, 0.1) is 13.3 Å². The number of phenolic OH excluding ortho intramolecular Hbond substituents is 1. The van der Waals surface area contributed by atoms with Gasteiger partial charge in [0, 0.05) is 28.9 Å². The highest BCUT2D eigenvalue weighted by Gasteiger charge is 2.09. The molecule has 0 saturated heterocycles. The first-order chi connectivity index (χ1) is 10.1. The monoisotopic (exact) mass is 309 g/mol. The van der Waals surface area contributed by atoms with E-state index in [0.717, 1.165) is 30.6 Å². The maximum atomic E-state index is 10.0. The number of hydrogen-bond donors (Lipinski definition) is 3. The van der Waals surface area contributed by atoms with Crippen LogP contribution in [0.3, 0.4) is 0 Å². The minimum atomic E-state index is 0.139. The van der Waals surface area contributed by atoms with Crippen LogP contribution in [0.2, 0.25) is 5.02 Å². The van der Waals surface area contributed by atoms with E-state index in [1.165, 1.54) is 12.7 Å². The molecule has 2 aromatic rings. The summed E-state index contributed by atoms with van der Waals surface area (Å²) in [6.07, 6.45) is 3.84. The second-order valence-corrected chi connectivity index (χ2v) is 5.35. The van der Waals surface area contributed by atoms with Crippen LogP contribution in [0.5, 0.6) is 11.5 Å². The van der Waals surface area contributed by atoms with Crippen LogP contribution in [-0.4, -0.2) is 29.0 Å². The summed E-state index contributed by atoms with van der Waals surface area (Å²) in [6, 6.07) is 3.34. The Bertz CT molecular complexity index is 599. The average Bonchev–Trinajstić information content (AvgIpc) is 2.87. The van der Waals surface area contributed by atoms with Gasteiger partial charge in [0.15, 0.2) is 11.5 Å². The Morgan fingerprint density at radius 1 is 1.38 bits per heavy atom. The fraction of sp³-hybridized carbons (Fsp3) is 0.400. The van der Waals surface area contributed by atoms with Crippen LogP contribution in [-0.2, 0) is 13.0 Å². The van der Waals surface area contributed by atoms with Gasteiger partial charge in [0.25, 0.3) is 0 Å². The Kier molecular flexibility index (Phi) is 5.47. The largest absolute Gasteiger partial charge is 0.504 e. The zero-order chi connectivity index (χ0) is 15.2. The molecule has 0 radical (unpaired) electrons. The van der Waals surface area contributed by atoms with Crippen molar-refractivity contribution in [2.75, 3.05) is 13.7 Å². The van der Waals surface area contributed by atoms with Crippen molar-refractivity contribution in [1.29, 1.82) is 0 Å². The van der Waals surface area contributed by atoms with Crippen molar-refractivity contribution >= 4 is 11.6 Å². The number of H-pyrrole nitrogens is 1. The molecule has 1 aromatic carbocycles. The van der Waals surface area contributed by atoms with Gasteiger partial charge in [0.1, 0.15) is 0 Å². The maximum Gasteiger partial charge on any atom is 0.162 e. The van der Waals surface area contributed by atoms with Gasteiger partial charge in [-0.25, -0.2) is 0 Å². The van der Waals surface area contributed by atoms with E-state index in [2.05, 4.69) is 15.5 Å². The lowest BCUT2D eigenvalue weighted by atomic mass is 10.1. The number of nitrogens with zero attached hydrogens (tertiary/aromatic N) is 1. The Morgan fingerprint density at radius 3 is 2.86 bits per heavy atom. The summed E-state index contributed by atoms with van der Waals surface area (Å²) < 4.78 is 5.08. The van der Waals surface area contributed by atoms with E-state index in [1.807, 2.05) is 13.1 Å². The van der Waals surface area contributed by atoms with Crippen LogP contribution in [0, 0.1) is 6.92 Å². The molecule has 0 amide bonds. The second-order valence-electron chi connectivity index (χ2n) is 4.92. The van der Waals surface area contributed by atoms with Crippen molar-refractivity contribution < 1.29 is 9.84 Å². The summed E-state index contributed by atoms with van der Waals surface area (Å²) >= 11 is 6.00. The van der Waals surface area contributed by atoms with Gasteiger partial charge >= 0.3 is 0 Å². The van der Waals surface area contributed by atoms with Crippen molar-refractivity contribution in [3.8, 4) is 11.5 Å². The van der Waals surface area contributed by atoms with Gasteiger partial charge in [-0.05, 0) is 37.9 Å². The second kappa shape index (κ2) is 7.33. The third kappa shape index (κ3) is 4.12. The zero-order valence-corrected chi connectivity index (χ0v) is 13.0. The number of nitrogens with one attached hydrogen (secondary N) is 2. The molecule has 114 valence electrons. The van der Waals surface area contributed by atoms with Crippen molar-refractivity contribution in [3.63, 3.8) is 0 Å². The number of methoxy groups -OCH3 is 1. The predicted molar refractivity (Wildman–Crippen MR) is 83.0 cm³/mol. The van der Waals surface area contributed by atoms with Crippen LogP contribution in [0.25, 0.3) is 0 Å². The van der Waals surface area contributed by atoms with Crippen LogP contribution < -0.4 is 10.1 Å². The molecule has 1 aromatic heterocycles. The van der Waals surface area contributed by atoms with Crippen LogP contribution in [0.1, 0.15) is 23.2 Å². The highest BCUT2D eigenvalue weighted by atomic mass is 35.5. The first-order valence-corrected chi connectivity index (χ1v) is 7.24. The molecule has 21 heavy (non-hydrogen) atoms. The lowest BCUT2D eigenvalue weighted by Crippen LogP contribution is -2.15. The van der Waals surface area contributed by atoms with Crippen molar-refractivity contribution in [1.82, 2.24) is 15.5 Å². The number of phenols is 1. The smallest absolute Gasteiger partial charge is 0.162 e. The van der Waals surface area contributed by atoms with Crippen molar-refractivity contribution in [2.45, 2.75) is 26.3 Å². The number of aromatic amines is 1. The SMILES string of the molecule is COc1cc(Cl)cc(CNCCCc2cn[nH]c2C)c1O. The molecule has 0 aliphatic carbocycles. The van der Waals surface area contributed by atoms with Gasteiger partial charge < -0.3 is 15.2 Å². The predicted octanol–water partition coefficient (Wildman–Crippen LogP) is 2.81. The molecule has 3 N–H and O–H groups in total. The maximum absolute atomic E-state index is 10.0. The normalized spacial score (nSPS) is 10.8. The first-order valence-electron chi connectivity index (χ1n) is 6.86. The number of aromatic hydroxyl groups is 1. The number of rotatable bonds is 7. The zero-order valence-electron chi connectivity index (χ0n) is 12.2. The van der Waals surface area contributed by atoms with Crippen molar-refractivity contribution in [2.24, 2.45) is 0 Å². The molecule has 0 aliphatic heterocycles. The molecule has 5 nitrogen and oxygen atoms in total. The molecule has 6 heteroatoms. The molecule has 0 aliphatic rings. The molecule has 0 saturated carbocycles. The molecule has 0 fully saturated rings. The van der Waals surface area contributed by atoms with Crippen LogP contribution in [0.15, 0.2) is 18.3 Å². The first kappa shape index (κ1) is 15.7. The fourth-order valence-corrected chi connectivity index (χ4v) is 2.40. The number of benzene rings is 1. The fourth-order valence-electron chi connectivity index (χ4n) is 2.17. The number of halogens is 1. The Morgan fingerprint density at radius 2 is 2.19 bits per heavy atom. The Balaban J connectivity index is 1.81. The van der Waals surface area contributed by atoms with Crippen LogP contribution >= 0.6 is 11.6 Å². The van der Waals surface area contributed by atoms with E-state index in [4.69, 9.17) is 16.3 Å². The van der Waals surface area contributed by atoms with Gasteiger partial charge in [0.2, 0.25) is 0 Å². The minimum absolute atomic E-state index is 0.139. The molecular weight excluding hydrogens is 290 g/mol. The average molecular weight is 310 g/mol. The lowest BCUT2D eigenvalue weighted by Gasteiger charge is -2.11. The molecule has 0 bridgehead atoms. The third-order valence-corrected chi connectivity index (χ3v) is 3.61. The lowest BCUT2D eigenvalue weighted by molar-refractivity contribution is 0.369. The summed E-state index contributed by atoms with van der Waals surface area (Å²) in [5.74, 6) is 0.536. The molecule has 2 rings (SSSR count). The molecule has 0 unspecified atom stereocenters. The quantitative estimate of drug-likeness (QED) is 0.688. The Labute approximate surface area is 129 Å². The topological polar surface area (TPSA) is 70.2 Å². The van der Waals surface area contributed by atoms with E-state index in [9.17, 15) is 5.11 Å². The summed E-state index contributed by atoms with van der Waals surface area (Å²) in [5, 5.41) is 20.8. The van der Waals surface area contributed by atoms with Gasteiger partial charge in [-0.2, -0.15) is 5.10 Å². The van der Waals surface area contributed by atoms with Crippen molar-refractivity contribution in [3.05, 3.63) is 40.2 Å². The molecule has 1 heterocycles. The Hall–Kier alpha value is -1.72. The number of hydrogen-bond acceptors (Lipinski definition) is 4. The van der Waals surface area contributed by atoms with Gasteiger partial charge in [-0.1, -0.05) is 11.6 Å². The highest BCUT2D eigenvalue weighted by molar-refractivity contribution is 6.30. The third-order valence-electron chi connectivity index (χ3n) is 3.39. The van der Waals surface area contributed by atoms with Gasteiger partial charge in [-0.15, -0.1) is 0 Å². The summed E-state index contributed by atoms with van der Waals surface area (Å²) in [6.45, 7) is 3.41. The van der Waals surface area contributed by atoms with Gasteiger partial charge in [-0.3, -0.25) is 5.10 Å². The number of aryl methyl sites for hydroxylation is 2. The standard InChI is InChI=1S/C15H20ClN3O2/c1-10-11(9-18-19-10)4-3-5-17-8-12-6-13(16)7-14(21-2)15(12)20/h6-7,9,17,20H,3-5,8H2,1-2H3,(H,18,19). The number of ether oxygens (including phenoxy) is 1. The highest BCUT2D eigenvalue weighted by Crippen LogP contribution is 2.33. The molecule has 0 spiro atoms. The summed E-state index contributed by atoms with van der Waals surface area (Å²) in [4.78, 5) is 0. The summed E-state index contributed by atoms with van der Waals surface area (Å²) in [5.41, 5.74) is 3.09. The van der Waals surface area contributed by atoms with E-state index in [0.29, 0.717) is 17.3 Å². The molecular formula is C15H20ClN3O2. The van der Waals surface area contributed by atoms with E-state index < -0.39 is 0 Å². The molecule has 0 atom stereocenters. The van der Waals surface area contributed by atoms with Crippen LogP contribution in [0.4, 0.5) is 0 Å². The summed E-state index contributed by atoms with van der Waals surface area (Å²) in [7, 11) is 1.51.